The highest BCUT2D eigenvalue weighted by Crippen LogP contribution is 2.28. The summed E-state index contributed by atoms with van der Waals surface area (Å²) in [4.78, 5) is 4.37. The zero-order valence-electron chi connectivity index (χ0n) is 11.0. The molecule has 0 amide bonds. The minimum atomic E-state index is 0.602. The van der Waals surface area contributed by atoms with E-state index in [2.05, 4.69) is 44.3 Å². The zero-order chi connectivity index (χ0) is 13.9. The number of fused-ring (bicyclic) bond motifs is 1. The summed E-state index contributed by atoms with van der Waals surface area (Å²) in [6, 6.07) is 12.2. The lowest BCUT2D eigenvalue weighted by Crippen LogP contribution is -1.87. The van der Waals surface area contributed by atoms with Gasteiger partial charge in [-0.1, -0.05) is 35.0 Å². The minimum Gasteiger partial charge on any atom is -0.430 e. The molecule has 0 N–H and O–H groups in total. The second-order valence-corrected chi connectivity index (χ2v) is 6.11. The van der Waals surface area contributed by atoms with Crippen molar-refractivity contribution in [2.75, 3.05) is 0 Å². The average Bonchev–Trinajstić information content (AvgIpc) is 2.87. The first-order chi connectivity index (χ1) is 9.74. The number of ether oxygens (including phenoxy) is 1. The topological polar surface area (TPSA) is 35.0 Å². The van der Waals surface area contributed by atoms with Gasteiger partial charge in [-0.15, -0.1) is 0 Å². The molecule has 1 aromatic heterocycles. The number of halogens is 1. The van der Waals surface area contributed by atoms with Gasteiger partial charge in [0.25, 0.3) is 5.19 Å². The molecule has 3 rings (SSSR count). The van der Waals surface area contributed by atoms with Crippen LogP contribution in [0.3, 0.4) is 0 Å². The summed E-state index contributed by atoms with van der Waals surface area (Å²) in [5.74, 6) is 1.65. The van der Waals surface area contributed by atoms with E-state index in [-0.39, 0.29) is 0 Å². The first-order valence-corrected chi connectivity index (χ1v) is 8.01. The number of hydrogen-bond donors (Lipinski definition) is 0. The van der Waals surface area contributed by atoms with E-state index in [4.69, 9.17) is 4.74 Å². The van der Waals surface area contributed by atoms with Crippen molar-refractivity contribution in [2.24, 2.45) is 0 Å². The van der Waals surface area contributed by atoms with Crippen molar-refractivity contribution in [3.05, 3.63) is 46.7 Å². The molecule has 3 nitrogen and oxygen atoms in total. The van der Waals surface area contributed by atoms with Gasteiger partial charge >= 0.3 is 0 Å². The first-order valence-electron chi connectivity index (χ1n) is 6.44. The smallest absolute Gasteiger partial charge is 0.298 e. The van der Waals surface area contributed by atoms with Crippen LogP contribution in [0.1, 0.15) is 19.2 Å². The normalized spacial score (nSPS) is 10.9. The van der Waals surface area contributed by atoms with Crippen LogP contribution in [0.4, 0.5) is 0 Å². The SMILES string of the molecule is CCCc1nsc(Oc2ccc3cc(Br)ccc3c2)n1. The summed E-state index contributed by atoms with van der Waals surface area (Å²) < 4.78 is 11.1. The molecule has 0 spiro atoms. The van der Waals surface area contributed by atoms with Gasteiger partial charge in [-0.05, 0) is 41.5 Å². The van der Waals surface area contributed by atoms with Crippen LogP contribution < -0.4 is 4.74 Å². The van der Waals surface area contributed by atoms with E-state index in [9.17, 15) is 0 Å². The maximum Gasteiger partial charge on any atom is 0.298 e. The predicted molar refractivity (Wildman–Crippen MR) is 85.6 cm³/mol. The number of nitrogens with zero attached hydrogens (tertiary/aromatic N) is 2. The largest absolute Gasteiger partial charge is 0.430 e. The Balaban J connectivity index is 1.84. The summed E-state index contributed by atoms with van der Waals surface area (Å²) in [5, 5.41) is 2.92. The van der Waals surface area contributed by atoms with Crippen LogP contribution in [0.2, 0.25) is 0 Å². The van der Waals surface area contributed by atoms with Crippen LogP contribution in [0.5, 0.6) is 10.9 Å². The minimum absolute atomic E-state index is 0.602. The van der Waals surface area contributed by atoms with E-state index >= 15 is 0 Å². The van der Waals surface area contributed by atoms with Crippen LogP contribution in [0.25, 0.3) is 10.8 Å². The van der Waals surface area contributed by atoms with Crippen LogP contribution in [0.15, 0.2) is 40.9 Å². The van der Waals surface area contributed by atoms with Gasteiger partial charge in [-0.25, -0.2) is 0 Å². The van der Waals surface area contributed by atoms with E-state index in [1.807, 2.05) is 24.3 Å². The molecule has 0 aliphatic heterocycles. The molecular formula is C15H13BrN2OS. The second-order valence-electron chi connectivity index (χ2n) is 4.48. The molecule has 0 radical (unpaired) electrons. The van der Waals surface area contributed by atoms with Gasteiger partial charge in [0.15, 0.2) is 0 Å². The highest BCUT2D eigenvalue weighted by atomic mass is 79.9. The maximum atomic E-state index is 5.78. The molecule has 0 aliphatic carbocycles. The standard InChI is InChI=1S/C15H13BrN2OS/c1-2-3-14-17-15(20-18-14)19-13-7-5-10-8-12(16)6-4-11(10)9-13/h4-9H,2-3H2,1H3. The molecule has 102 valence electrons. The Morgan fingerprint density at radius 2 is 1.95 bits per heavy atom. The summed E-state index contributed by atoms with van der Waals surface area (Å²) in [6.07, 6.45) is 1.94. The van der Waals surface area contributed by atoms with Gasteiger partial charge in [0, 0.05) is 22.4 Å². The van der Waals surface area contributed by atoms with Gasteiger partial charge in [0.1, 0.15) is 11.6 Å². The summed E-state index contributed by atoms with van der Waals surface area (Å²) in [6.45, 7) is 2.11. The fraction of sp³-hybridized carbons (Fsp3) is 0.200. The van der Waals surface area contributed by atoms with Crippen molar-refractivity contribution in [2.45, 2.75) is 19.8 Å². The number of benzene rings is 2. The molecule has 0 bridgehead atoms. The van der Waals surface area contributed by atoms with Crippen LogP contribution in [0, 0.1) is 0 Å². The van der Waals surface area contributed by atoms with Crippen molar-refractivity contribution in [1.29, 1.82) is 0 Å². The van der Waals surface area contributed by atoms with Crippen molar-refractivity contribution < 1.29 is 4.74 Å². The van der Waals surface area contributed by atoms with Crippen LogP contribution in [-0.4, -0.2) is 9.36 Å². The van der Waals surface area contributed by atoms with Gasteiger partial charge in [-0.3, -0.25) is 0 Å². The van der Waals surface area contributed by atoms with Crippen molar-refractivity contribution in [3.8, 4) is 10.9 Å². The molecular weight excluding hydrogens is 336 g/mol. The van der Waals surface area contributed by atoms with E-state index in [0.717, 1.165) is 34.3 Å². The Kier molecular flexibility index (Phi) is 3.98. The van der Waals surface area contributed by atoms with Gasteiger partial charge in [0.2, 0.25) is 0 Å². The third-order valence-electron chi connectivity index (χ3n) is 2.90. The van der Waals surface area contributed by atoms with E-state index < -0.39 is 0 Å². The summed E-state index contributed by atoms with van der Waals surface area (Å²) >= 11 is 4.78. The number of aryl methyl sites for hydroxylation is 1. The van der Waals surface area contributed by atoms with E-state index in [1.165, 1.54) is 16.9 Å². The van der Waals surface area contributed by atoms with E-state index in [0.29, 0.717) is 5.19 Å². The first kappa shape index (κ1) is 13.5. The fourth-order valence-electron chi connectivity index (χ4n) is 1.96. The van der Waals surface area contributed by atoms with Crippen molar-refractivity contribution >= 4 is 38.2 Å². The maximum absolute atomic E-state index is 5.78. The van der Waals surface area contributed by atoms with Gasteiger partial charge in [-0.2, -0.15) is 9.36 Å². The predicted octanol–water partition coefficient (Wildman–Crippen LogP) is 5.20. The average molecular weight is 349 g/mol. The van der Waals surface area contributed by atoms with Crippen LogP contribution >= 0.6 is 27.5 Å². The molecule has 0 aliphatic rings. The second kappa shape index (κ2) is 5.89. The molecule has 0 atom stereocenters. The van der Waals surface area contributed by atoms with Gasteiger partial charge < -0.3 is 4.74 Å². The Morgan fingerprint density at radius 1 is 1.15 bits per heavy atom. The Hall–Kier alpha value is -1.46. The highest BCUT2D eigenvalue weighted by molar-refractivity contribution is 9.10. The molecule has 0 saturated heterocycles. The molecule has 3 aromatic rings. The summed E-state index contributed by atoms with van der Waals surface area (Å²) in [7, 11) is 0. The Labute approximate surface area is 129 Å². The molecule has 0 unspecified atom stereocenters. The third-order valence-corrected chi connectivity index (χ3v) is 4.03. The quantitative estimate of drug-likeness (QED) is 0.649. The fourth-order valence-corrected chi connectivity index (χ4v) is 2.94. The molecule has 0 fully saturated rings. The lowest BCUT2D eigenvalue weighted by Gasteiger charge is -2.03. The molecule has 1 heterocycles. The lowest BCUT2D eigenvalue weighted by atomic mass is 10.1. The number of aromatic nitrogens is 2. The molecule has 5 heteroatoms. The molecule has 20 heavy (non-hydrogen) atoms. The zero-order valence-corrected chi connectivity index (χ0v) is 13.4. The van der Waals surface area contributed by atoms with Crippen molar-refractivity contribution in [1.82, 2.24) is 9.36 Å². The molecule has 0 saturated carbocycles. The lowest BCUT2D eigenvalue weighted by molar-refractivity contribution is 0.477. The third kappa shape index (κ3) is 2.99. The molecule has 2 aromatic carbocycles. The Morgan fingerprint density at radius 3 is 2.80 bits per heavy atom. The monoisotopic (exact) mass is 348 g/mol. The van der Waals surface area contributed by atoms with E-state index in [1.54, 1.807) is 0 Å². The van der Waals surface area contributed by atoms with Crippen molar-refractivity contribution in [3.63, 3.8) is 0 Å². The Bertz CT molecular complexity index is 742. The van der Waals surface area contributed by atoms with Gasteiger partial charge in [0.05, 0.1) is 0 Å². The number of rotatable bonds is 4. The number of hydrogen-bond acceptors (Lipinski definition) is 4. The van der Waals surface area contributed by atoms with Crippen LogP contribution in [-0.2, 0) is 6.42 Å². The summed E-state index contributed by atoms with van der Waals surface area (Å²) in [5.41, 5.74) is 0. The highest BCUT2D eigenvalue weighted by Gasteiger charge is 2.06.